The number of hydrogen-bond acceptors (Lipinski definition) is 6. The van der Waals surface area contributed by atoms with E-state index in [2.05, 4.69) is 4.98 Å². The second-order valence-corrected chi connectivity index (χ2v) is 15.1. The summed E-state index contributed by atoms with van der Waals surface area (Å²) in [5.41, 5.74) is 1.04. The second kappa shape index (κ2) is 12.6. The number of piperidine rings is 1. The number of Topliss-reactive ketones (excluding diaryl/α,β-unsaturated/α-hetero) is 1. The second-order valence-electron chi connectivity index (χ2n) is 15.1. The molecule has 0 spiro atoms. The molecule has 3 amide bonds. The van der Waals surface area contributed by atoms with Gasteiger partial charge in [-0.2, -0.15) is 0 Å². The molecule has 0 N–H and O–H groups in total. The number of nitrogens with zero attached hydrogens (tertiary/aromatic N) is 5. The Kier molecular flexibility index (Phi) is 8.85. The van der Waals surface area contributed by atoms with Gasteiger partial charge in [0.15, 0.2) is 5.78 Å². The molecule has 6 rings (SSSR count). The van der Waals surface area contributed by atoms with Gasteiger partial charge < -0.3 is 19.1 Å². The van der Waals surface area contributed by atoms with Crippen LogP contribution < -0.4 is 0 Å². The fraction of sp³-hybridized carbons (Fsp3) is 0.541. The summed E-state index contributed by atoms with van der Waals surface area (Å²) in [5, 5.41) is 0.663. The van der Waals surface area contributed by atoms with E-state index in [1.807, 2.05) is 48.5 Å². The molecule has 1 aromatic carbocycles. The molecule has 2 saturated heterocycles. The van der Waals surface area contributed by atoms with E-state index < -0.39 is 29.5 Å². The quantitative estimate of drug-likeness (QED) is 0.278. The highest BCUT2D eigenvalue weighted by atomic mass is 19.1. The van der Waals surface area contributed by atoms with Gasteiger partial charge in [-0.15, -0.1) is 0 Å². The van der Waals surface area contributed by atoms with Gasteiger partial charge in [-0.3, -0.25) is 24.3 Å². The average Bonchev–Trinajstić information content (AvgIpc) is 3.82. The number of ether oxygens (including phenoxy) is 1. The maximum atomic E-state index is 14.6. The number of hydrogen-bond donors (Lipinski definition) is 0. The van der Waals surface area contributed by atoms with Crippen LogP contribution in [0, 0.1) is 17.7 Å². The van der Waals surface area contributed by atoms with Crippen molar-refractivity contribution in [1.29, 1.82) is 0 Å². The monoisotopic (exact) mass is 659 g/mol. The molecule has 3 aliphatic rings. The molecule has 1 aliphatic carbocycles. The highest BCUT2D eigenvalue weighted by Crippen LogP contribution is 2.44. The summed E-state index contributed by atoms with van der Waals surface area (Å²) >= 11 is 0. The first-order chi connectivity index (χ1) is 22.7. The van der Waals surface area contributed by atoms with Crippen molar-refractivity contribution in [1.82, 2.24) is 24.3 Å². The van der Waals surface area contributed by atoms with Crippen molar-refractivity contribution in [2.24, 2.45) is 11.8 Å². The van der Waals surface area contributed by atoms with Crippen LogP contribution in [0.15, 0.2) is 42.9 Å². The number of aromatic nitrogens is 2. The number of ketones is 1. The first-order valence-corrected chi connectivity index (χ1v) is 17.1. The van der Waals surface area contributed by atoms with Crippen LogP contribution in [-0.4, -0.2) is 90.8 Å². The molecule has 1 saturated carbocycles. The van der Waals surface area contributed by atoms with E-state index in [0.717, 1.165) is 19.3 Å². The van der Waals surface area contributed by atoms with Crippen LogP contribution in [0.4, 0.5) is 9.18 Å². The number of carbonyl (C=O) groups excluding carboxylic acids is 4. The predicted octanol–water partition coefficient (Wildman–Crippen LogP) is 6.24. The fourth-order valence-electron chi connectivity index (χ4n) is 8.03. The van der Waals surface area contributed by atoms with Crippen LogP contribution in [0.2, 0.25) is 0 Å². The van der Waals surface area contributed by atoms with Crippen LogP contribution in [0.25, 0.3) is 16.6 Å². The Morgan fingerprint density at radius 3 is 2.42 bits per heavy atom. The van der Waals surface area contributed by atoms with Gasteiger partial charge in [-0.25, -0.2) is 9.18 Å². The SMILES string of the molecule is CC(C)N(C(=O)c1cc(F)ccc1-n1cc(C(=O)[C@H]2CCN(C(=O)[C@@H]3[C@H]4CC[C@H](C4)N3C(=O)OC(C)(C)C)C2)c2ccncc21)C(C)C. The number of fused-ring (bicyclic) bond motifs is 3. The molecule has 0 unspecified atom stereocenters. The Morgan fingerprint density at radius 1 is 1.00 bits per heavy atom. The highest BCUT2D eigenvalue weighted by molar-refractivity contribution is 6.10. The van der Waals surface area contributed by atoms with Crippen LogP contribution in [0.5, 0.6) is 0 Å². The highest BCUT2D eigenvalue weighted by Gasteiger charge is 2.54. The summed E-state index contributed by atoms with van der Waals surface area (Å²) in [4.78, 5) is 64.6. The van der Waals surface area contributed by atoms with Gasteiger partial charge in [-0.1, -0.05) is 0 Å². The maximum Gasteiger partial charge on any atom is 0.411 e. The number of rotatable bonds is 7. The van der Waals surface area contributed by atoms with Gasteiger partial charge >= 0.3 is 6.09 Å². The Balaban J connectivity index is 1.28. The molecule has 256 valence electrons. The first kappa shape index (κ1) is 33.6. The van der Waals surface area contributed by atoms with Crippen molar-refractivity contribution in [3.8, 4) is 5.69 Å². The lowest BCUT2D eigenvalue weighted by atomic mass is 9.96. The third-order valence-electron chi connectivity index (χ3n) is 9.98. The van der Waals surface area contributed by atoms with Gasteiger partial charge in [0, 0.05) is 60.5 Å². The van der Waals surface area contributed by atoms with Crippen LogP contribution in [-0.2, 0) is 9.53 Å². The smallest absolute Gasteiger partial charge is 0.411 e. The zero-order valence-electron chi connectivity index (χ0n) is 28.9. The van der Waals surface area contributed by atoms with E-state index in [0.29, 0.717) is 35.1 Å². The van der Waals surface area contributed by atoms with Crippen molar-refractivity contribution in [3.05, 3.63) is 59.8 Å². The lowest BCUT2D eigenvalue weighted by molar-refractivity contribution is -0.137. The zero-order chi connectivity index (χ0) is 34.7. The van der Waals surface area contributed by atoms with E-state index in [4.69, 9.17) is 4.74 Å². The molecular weight excluding hydrogens is 613 g/mol. The minimum Gasteiger partial charge on any atom is -0.444 e. The predicted molar refractivity (Wildman–Crippen MR) is 179 cm³/mol. The molecule has 4 atom stereocenters. The molecular formula is C37H46FN5O5. The van der Waals surface area contributed by atoms with Crippen LogP contribution in [0.1, 0.15) is 94.9 Å². The largest absolute Gasteiger partial charge is 0.444 e. The van der Waals surface area contributed by atoms with Gasteiger partial charge in [0.2, 0.25) is 5.91 Å². The average molecular weight is 660 g/mol. The molecule has 2 aromatic heterocycles. The molecule has 11 heteroatoms. The number of amides is 3. The van der Waals surface area contributed by atoms with Crippen molar-refractivity contribution in [2.75, 3.05) is 13.1 Å². The molecule has 2 bridgehead atoms. The van der Waals surface area contributed by atoms with Gasteiger partial charge in [0.05, 0.1) is 23.0 Å². The minimum atomic E-state index is -0.670. The lowest BCUT2D eigenvalue weighted by Gasteiger charge is -2.37. The third kappa shape index (κ3) is 6.07. The Hall–Kier alpha value is -4.28. The third-order valence-corrected chi connectivity index (χ3v) is 9.98. The van der Waals surface area contributed by atoms with Crippen molar-refractivity contribution < 1.29 is 28.3 Å². The minimum absolute atomic E-state index is 0.00467. The Labute approximate surface area is 281 Å². The normalized spacial score (nSPS) is 22.3. The van der Waals surface area contributed by atoms with E-state index in [-0.39, 0.29) is 53.7 Å². The topological polar surface area (TPSA) is 105 Å². The molecule has 0 radical (unpaired) electrons. The van der Waals surface area contributed by atoms with E-state index in [1.54, 1.807) is 50.0 Å². The Morgan fingerprint density at radius 2 is 1.73 bits per heavy atom. The van der Waals surface area contributed by atoms with Crippen molar-refractivity contribution in [3.63, 3.8) is 0 Å². The Bertz CT molecular complexity index is 1750. The molecule has 3 aromatic rings. The van der Waals surface area contributed by atoms with E-state index in [1.165, 1.54) is 12.1 Å². The molecule has 2 aliphatic heterocycles. The summed E-state index contributed by atoms with van der Waals surface area (Å²) in [5.74, 6) is -1.43. The van der Waals surface area contributed by atoms with Crippen LogP contribution in [0.3, 0.4) is 0 Å². The first-order valence-electron chi connectivity index (χ1n) is 17.1. The van der Waals surface area contributed by atoms with Gasteiger partial charge in [0.25, 0.3) is 5.91 Å². The molecule has 48 heavy (non-hydrogen) atoms. The van der Waals surface area contributed by atoms with E-state index >= 15 is 0 Å². The number of likely N-dealkylation sites (tertiary alicyclic amines) is 2. The summed E-state index contributed by atoms with van der Waals surface area (Å²) < 4.78 is 22.1. The zero-order valence-corrected chi connectivity index (χ0v) is 28.9. The summed E-state index contributed by atoms with van der Waals surface area (Å²) in [6.45, 7) is 13.8. The number of pyridine rings is 1. The number of carbonyl (C=O) groups is 4. The standard InChI is InChI=1S/C37H46FN5O5/c1-21(2)42(22(3)4)34(45)28-17-25(38)9-11-30(28)41-20-29(27-12-14-39-18-31(27)41)33(44)24-13-15-40(19-24)35(46)32-23-8-10-26(16-23)43(32)36(47)48-37(5,6)7/h9,11-12,14,17-18,20-24,26,32H,8,10,13,15-16,19H2,1-7H3/t23-,24-,26+,32-/m0/s1. The summed E-state index contributed by atoms with van der Waals surface area (Å²) in [6, 6.07) is 5.07. The molecule has 3 fully saturated rings. The van der Waals surface area contributed by atoms with Gasteiger partial charge in [0.1, 0.15) is 17.5 Å². The summed E-state index contributed by atoms with van der Waals surface area (Å²) in [7, 11) is 0. The maximum absolute atomic E-state index is 14.6. The molecule has 10 nitrogen and oxygen atoms in total. The van der Waals surface area contributed by atoms with E-state index in [9.17, 15) is 23.6 Å². The van der Waals surface area contributed by atoms with Gasteiger partial charge in [-0.05, 0) is 104 Å². The lowest BCUT2D eigenvalue weighted by Crippen LogP contribution is -2.54. The van der Waals surface area contributed by atoms with Crippen LogP contribution >= 0.6 is 0 Å². The summed E-state index contributed by atoms with van der Waals surface area (Å²) in [6.07, 6.45) is 7.55. The fourth-order valence-corrected chi connectivity index (χ4v) is 8.03. The number of benzene rings is 1. The van der Waals surface area contributed by atoms with Crippen molar-refractivity contribution in [2.45, 2.75) is 104 Å². The molecule has 4 heterocycles. The number of halogens is 1. The van der Waals surface area contributed by atoms with Crippen molar-refractivity contribution >= 4 is 34.6 Å².